The highest BCUT2D eigenvalue weighted by molar-refractivity contribution is 6.58. The van der Waals surface area contributed by atoms with Crippen LogP contribution >= 0.6 is 0 Å². The summed E-state index contributed by atoms with van der Waals surface area (Å²) in [6.45, 7) is 0.405. The zero-order chi connectivity index (χ0) is 18.5. The number of aromatic amines is 1. The molecular weight excluding hydrogens is 331 g/mol. The molecule has 0 radical (unpaired) electrons. The first-order valence-corrected chi connectivity index (χ1v) is 8.39. The van der Waals surface area contributed by atoms with Crippen molar-refractivity contribution >= 4 is 29.5 Å². The monoisotopic (exact) mass is 352 g/mol. The van der Waals surface area contributed by atoms with Crippen molar-refractivity contribution < 1.29 is 19.6 Å². The van der Waals surface area contributed by atoms with E-state index in [-0.39, 0.29) is 5.97 Å². The Morgan fingerprint density at radius 1 is 1.23 bits per heavy atom. The van der Waals surface area contributed by atoms with Crippen LogP contribution in [0.4, 0.5) is 0 Å². The SMILES string of the molecule is COC(=O)[C@@H](Cc1c[nH]c2ccccc12)NCc1cccc(B(O)O)c1. The molecule has 3 aromatic rings. The van der Waals surface area contributed by atoms with E-state index < -0.39 is 13.2 Å². The molecule has 0 amide bonds. The zero-order valence-corrected chi connectivity index (χ0v) is 14.5. The Labute approximate surface area is 152 Å². The quantitative estimate of drug-likeness (QED) is 0.371. The molecule has 0 fully saturated rings. The minimum atomic E-state index is -1.52. The largest absolute Gasteiger partial charge is 0.488 e. The van der Waals surface area contributed by atoms with Crippen LogP contribution in [0.25, 0.3) is 10.9 Å². The molecule has 0 unspecified atom stereocenters. The molecule has 0 aliphatic carbocycles. The fourth-order valence-electron chi connectivity index (χ4n) is 3.01. The first kappa shape index (κ1) is 18.2. The van der Waals surface area contributed by atoms with Gasteiger partial charge in [0.1, 0.15) is 6.04 Å². The Morgan fingerprint density at radius 3 is 2.81 bits per heavy atom. The zero-order valence-electron chi connectivity index (χ0n) is 14.5. The summed E-state index contributed by atoms with van der Waals surface area (Å²) in [6, 6.07) is 14.4. The van der Waals surface area contributed by atoms with Crippen LogP contribution in [0.5, 0.6) is 0 Å². The van der Waals surface area contributed by atoms with Crippen LogP contribution in [0, 0.1) is 0 Å². The minimum absolute atomic E-state index is 0.339. The molecular formula is C19H21BN2O4. The van der Waals surface area contributed by atoms with Crippen molar-refractivity contribution in [3.8, 4) is 0 Å². The highest BCUT2D eigenvalue weighted by Crippen LogP contribution is 2.19. The Hall–Kier alpha value is -2.61. The number of hydrogen-bond donors (Lipinski definition) is 4. The molecule has 0 aliphatic rings. The van der Waals surface area contributed by atoms with Crippen molar-refractivity contribution in [2.24, 2.45) is 0 Å². The van der Waals surface area contributed by atoms with Gasteiger partial charge in [-0.3, -0.25) is 4.79 Å². The molecule has 1 aromatic heterocycles. The van der Waals surface area contributed by atoms with Crippen LogP contribution in [-0.4, -0.2) is 41.3 Å². The molecule has 0 aliphatic heterocycles. The predicted molar refractivity (Wildman–Crippen MR) is 101 cm³/mol. The number of esters is 1. The first-order chi connectivity index (χ1) is 12.6. The van der Waals surface area contributed by atoms with Crippen molar-refractivity contribution in [1.82, 2.24) is 10.3 Å². The molecule has 1 atom stereocenters. The van der Waals surface area contributed by atoms with Gasteiger partial charge < -0.3 is 25.1 Å². The summed E-state index contributed by atoms with van der Waals surface area (Å²) in [4.78, 5) is 15.4. The third-order valence-corrected chi connectivity index (χ3v) is 4.39. The van der Waals surface area contributed by atoms with E-state index in [1.165, 1.54) is 7.11 Å². The molecule has 7 heteroatoms. The van der Waals surface area contributed by atoms with Gasteiger partial charge in [-0.15, -0.1) is 0 Å². The molecule has 0 spiro atoms. The second-order valence-electron chi connectivity index (χ2n) is 6.14. The van der Waals surface area contributed by atoms with Gasteiger partial charge in [0, 0.05) is 30.1 Å². The van der Waals surface area contributed by atoms with Gasteiger partial charge in [0.05, 0.1) is 7.11 Å². The molecule has 26 heavy (non-hydrogen) atoms. The number of hydrogen-bond acceptors (Lipinski definition) is 5. The lowest BCUT2D eigenvalue weighted by Crippen LogP contribution is -2.39. The third-order valence-electron chi connectivity index (χ3n) is 4.39. The second kappa shape index (κ2) is 8.18. The lowest BCUT2D eigenvalue weighted by atomic mass is 9.79. The van der Waals surface area contributed by atoms with E-state index in [1.54, 1.807) is 18.2 Å². The summed E-state index contributed by atoms with van der Waals surface area (Å²) in [7, 11) is -0.146. The van der Waals surface area contributed by atoms with Crippen LogP contribution < -0.4 is 10.8 Å². The van der Waals surface area contributed by atoms with Crippen LogP contribution in [-0.2, 0) is 22.5 Å². The maximum absolute atomic E-state index is 12.2. The Kier molecular flexibility index (Phi) is 5.73. The van der Waals surface area contributed by atoms with Gasteiger partial charge in [0.15, 0.2) is 0 Å². The maximum Gasteiger partial charge on any atom is 0.488 e. The van der Waals surface area contributed by atoms with E-state index >= 15 is 0 Å². The number of carbonyl (C=O) groups is 1. The van der Waals surface area contributed by atoms with Gasteiger partial charge >= 0.3 is 13.1 Å². The summed E-state index contributed by atoms with van der Waals surface area (Å²) in [5, 5.41) is 22.8. The van der Waals surface area contributed by atoms with E-state index in [2.05, 4.69) is 10.3 Å². The van der Waals surface area contributed by atoms with E-state index in [4.69, 9.17) is 4.74 Å². The van der Waals surface area contributed by atoms with E-state index in [0.717, 1.165) is 22.0 Å². The van der Waals surface area contributed by atoms with E-state index in [1.807, 2.05) is 36.5 Å². The third kappa shape index (κ3) is 4.13. The Bertz CT molecular complexity index is 894. The lowest BCUT2D eigenvalue weighted by molar-refractivity contribution is -0.143. The number of ether oxygens (including phenoxy) is 1. The second-order valence-corrected chi connectivity index (χ2v) is 6.14. The summed E-state index contributed by atoms with van der Waals surface area (Å²) in [5.74, 6) is -0.339. The molecule has 1 heterocycles. The Morgan fingerprint density at radius 2 is 2.04 bits per heavy atom. The van der Waals surface area contributed by atoms with E-state index in [0.29, 0.717) is 18.4 Å². The number of H-pyrrole nitrogens is 1. The smallest absolute Gasteiger partial charge is 0.468 e. The van der Waals surface area contributed by atoms with Crippen LogP contribution in [0.1, 0.15) is 11.1 Å². The standard InChI is InChI=1S/C19H21BN2O4/c1-26-19(23)18(10-14-12-22-17-8-3-2-7-16(14)17)21-11-13-5-4-6-15(9-13)20(24)25/h2-9,12,18,21-22,24-25H,10-11H2,1H3/t18-/m1/s1. The molecule has 3 rings (SSSR count). The van der Waals surface area contributed by atoms with Crippen molar-refractivity contribution in [1.29, 1.82) is 0 Å². The fraction of sp³-hybridized carbons (Fsp3) is 0.211. The molecule has 134 valence electrons. The van der Waals surface area contributed by atoms with Crippen molar-refractivity contribution in [3.63, 3.8) is 0 Å². The first-order valence-electron chi connectivity index (χ1n) is 8.39. The predicted octanol–water partition coefficient (Wildman–Crippen LogP) is 0.722. The molecule has 2 aromatic carbocycles. The molecule has 0 saturated heterocycles. The van der Waals surface area contributed by atoms with Gasteiger partial charge in [-0.25, -0.2) is 0 Å². The average molecular weight is 352 g/mol. The molecule has 4 N–H and O–H groups in total. The van der Waals surface area contributed by atoms with Crippen molar-refractivity contribution in [3.05, 3.63) is 65.9 Å². The van der Waals surface area contributed by atoms with Gasteiger partial charge in [0.2, 0.25) is 0 Å². The highest BCUT2D eigenvalue weighted by atomic mass is 16.5. The molecule has 6 nitrogen and oxygen atoms in total. The summed E-state index contributed by atoms with van der Waals surface area (Å²) >= 11 is 0. The summed E-state index contributed by atoms with van der Waals surface area (Å²) < 4.78 is 4.93. The number of para-hydroxylation sites is 1. The Balaban J connectivity index is 1.74. The van der Waals surface area contributed by atoms with Crippen molar-refractivity contribution in [2.45, 2.75) is 19.0 Å². The van der Waals surface area contributed by atoms with Crippen molar-refractivity contribution in [2.75, 3.05) is 7.11 Å². The van der Waals surface area contributed by atoms with Gasteiger partial charge in [0.25, 0.3) is 0 Å². The van der Waals surface area contributed by atoms with Crippen LogP contribution in [0.3, 0.4) is 0 Å². The number of carbonyl (C=O) groups excluding carboxylic acids is 1. The highest BCUT2D eigenvalue weighted by Gasteiger charge is 2.21. The van der Waals surface area contributed by atoms with Crippen LogP contribution in [0.2, 0.25) is 0 Å². The van der Waals surface area contributed by atoms with Gasteiger partial charge in [-0.2, -0.15) is 0 Å². The number of fused-ring (bicyclic) bond motifs is 1. The van der Waals surface area contributed by atoms with Gasteiger partial charge in [-0.1, -0.05) is 42.5 Å². The summed E-state index contributed by atoms with van der Waals surface area (Å²) in [6.07, 6.45) is 2.39. The normalized spacial score (nSPS) is 12.1. The molecule has 0 saturated carbocycles. The number of methoxy groups -OCH3 is 1. The maximum atomic E-state index is 12.2. The number of aromatic nitrogens is 1. The lowest BCUT2D eigenvalue weighted by Gasteiger charge is -2.16. The molecule has 0 bridgehead atoms. The summed E-state index contributed by atoms with van der Waals surface area (Å²) in [5.41, 5.74) is 3.32. The number of nitrogens with one attached hydrogen (secondary N) is 2. The number of benzene rings is 2. The van der Waals surface area contributed by atoms with Crippen LogP contribution in [0.15, 0.2) is 54.7 Å². The van der Waals surface area contributed by atoms with E-state index in [9.17, 15) is 14.8 Å². The van der Waals surface area contributed by atoms with Gasteiger partial charge in [-0.05, 0) is 22.7 Å². The average Bonchev–Trinajstić information content (AvgIpc) is 3.07. The fourth-order valence-corrected chi connectivity index (χ4v) is 3.01. The number of rotatable bonds is 7. The topological polar surface area (TPSA) is 94.6 Å². The minimum Gasteiger partial charge on any atom is -0.468 e.